The number of carbonyl (C=O) groups is 1. The molecule has 5 nitrogen and oxygen atoms in total. The highest BCUT2D eigenvalue weighted by atomic mass is 79.9. The Labute approximate surface area is 134 Å². The predicted octanol–water partition coefficient (Wildman–Crippen LogP) is 3.18. The molecule has 1 aliphatic heterocycles. The van der Waals surface area contributed by atoms with Gasteiger partial charge >= 0.3 is 5.97 Å². The number of hydrogen-bond acceptors (Lipinski definition) is 4. The van der Waals surface area contributed by atoms with Gasteiger partial charge in [0.05, 0.1) is 8.81 Å². The van der Waals surface area contributed by atoms with Crippen LogP contribution >= 0.6 is 38.9 Å². The van der Waals surface area contributed by atoms with E-state index in [4.69, 9.17) is 11.6 Å². The molecule has 0 saturated carbocycles. The van der Waals surface area contributed by atoms with Gasteiger partial charge in [0, 0.05) is 6.54 Å². The summed E-state index contributed by atoms with van der Waals surface area (Å²) in [7, 11) is -3.82. The largest absolute Gasteiger partial charge is 0.480 e. The average Bonchev–Trinajstić information content (AvgIpc) is 2.61. The Kier molecular flexibility index (Phi) is 5.12. The van der Waals surface area contributed by atoms with Crippen molar-refractivity contribution in [1.29, 1.82) is 0 Å². The Morgan fingerprint density at radius 3 is 2.70 bits per heavy atom. The summed E-state index contributed by atoms with van der Waals surface area (Å²) in [5.74, 6) is -1.10. The third-order valence-electron chi connectivity index (χ3n) is 3.17. The Morgan fingerprint density at radius 1 is 1.45 bits per heavy atom. The van der Waals surface area contributed by atoms with Crippen LogP contribution in [-0.4, -0.2) is 36.4 Å². The maximum atomic E-state index is 12.6. The molecular weight excluding hydrogens is 390 g/mol. The Hall–Kier alpha value is -0.150. The molecule has 0 aromatic carbocycles. The van der Waals surface area contributed by atoms with Crippen LogP contribution in [0.25, 0.3) is 0 Å². The zero-order valence-corrected chi connectivity index (χ0v) is 14.4. The van der Waals surface area contributed by atoms with E-state index in [1.807, 2.05) is 0 Å². The van der Waals surface area contributed by atoms with Crippen molar-refractivity contribution >= 4 is 54.9 Å². The maximum Gasteiger partial charge on any atom is 0.322 e. The summed E-state index contributed by atoms with van der Waals surface area (Å²) in [6.45, 7) is 0.229. The molecule has 112 valence electrons. The monoisotopic (exact) mass is 401 g/mol. The van der Waals surface area contributed by atoms with Crippen LogP contribution in [0.2, 0.25) is 5.02 Å². The third kappa shape index (κ3) is 3.19. The first-order valence-corrected chi connectivity index (χ1v) is 9.46. The minimum absolute atomic E-state index is 0.0718. The van der Waals surface area contributed by atoms with Crippen molar-refractivity contribution in [2.45, 2.75) is 35.9 Å². The predicted molar refractivity (Wildman–Crippen MR) is 80.8 cm³/mol. The summed E-state index contributed by atoms with van der Waals surface area (Å²) >= 11 is 10.0. The molecule has 1 fully saturated rings. The minimum Gasteiger partial charge on any atom is -0.480 e. The number of hydrogen-bond donors (Lipinski definition) is 1. The molecule has 0 bridgehead atoms. The molecule has 0 spiro atoms. The second kappa shape index (κ2) is 6.31. The first-order valence-electron chi connectivity index (χ1n) is 6.03. The van der Waals surface area contributed by atoms with Gasteiger partial charge in [0.15, 0.2) is 0 Å². The van der Waals surface area contributed by atoms with Crippen LogP contribution in [0.3, 0.4) is 0 Å². The Morgan fingerprint density at radius 2 is 2.15 bits per heavy atom. The van der Waals surface area contributed by atoms with E-state index in [0.717, 1.165) is 28.5 Å². The van der Waals surface area contributed by atoms with E-state index in [-0.39, 0.29) is 10.8 Å². The summed E-state index contributed by atoms with van der Waals surface area (Å²) < 4.78 is 26.9. The average molecular weight is 403 g/mol. The third-order valence-corrected chi connectivity index (χ3v) is 8.01. The van der Waals surface area contributed by atoms with Gasteiger partial charge in [0.25, 0.3) is 10.0 Å². The molecule has 0 radical (unpaired) electrons. The fourth-order valence-corrected chi connectivity index (χ4v) is 6.37. The number of carboxylic acid groups (broad SMARTS) is 1. The topological polar surface area (TPSA) is 74.7 Å². The highest BCUT2D eigenvalue weighted by molar-refractivity contribution is 9.11. The standard InChI is InChI=1S/C11H13BrClNO4S2/c12-10-7(13)6-9(19-10)20(17,18)14-5-3-1-2-4-8(14)11(15)16/h6,8H,1-5H2,(H,15,16). The van der Waals surface area contributed by atoms with Gasteiger partial charge < -0.3 is 5.11 Å². The van der Waals surface area contributed by atoms with Crippen molar-refractivity contribution in [3.63, 3.8) is 0 Å². The maximum absolute atomic E-state index is 12.6. The number of thiophene rings is 1. The van der Waals surface area contributed by atoms with E-state index in [1.54, 1.807) is 0 Å². The molecule has 0 amide bonds. The quantitative estimate of drug-likeness (QED) is 0.842. The second-order valence-corrected chi connectivity index (χ2v) is 9.40. The van der Waals surface area contributed by atoms with E-state index in [2.05, 4.69) is 15.9 Å². The van der Waals surface area contributed by atoms with Gasteiger partial charge in [-0.25, -0.2) is 8.42 Å². The van der Waals surface area contributed by atoms with Crippen LogP contribution < -0.4 is 0 Å². The lowest BCUT2D eigenvalue weighted by atomic mass is 10.1. The molecule has 9 heteroatoms. The number of sulfonamides is 1. The van der Waals surface area contributed by atoms with Crippen molar-refractivity contribution in [1.82, 2.24) is 4.31 Å². The van der Waals surface area contributed by atoms with Crippen LogP contribution in [0.15, 0.2) is 14.1 Å². The molecule has 1 unspecified atom stereocenters. The van der Waals surface area contributed by atoms with Crippen molar-refractivity contribution in [2.75, 3.05) is 6.54 Å². The van der Waals surface area contributed by atoms with Crippen molar-refractivity contribution in [3.8, 4) is 0 Å². The number of halogens is 2. The Bertz CT molecular complexity index is 596. The molecule has 20 heavy (non-hydrogen) atoms. The van der Waals surface area contributed by atoms with Gasteiger partial charge in [0.1, 0.15) is 10.3 Å². The summed E-state index contributed by atoms with van der Waals surface area (Å²) in [6.07, 6.45) is 2.57. The molecular formula is C11H13BrClNO4S2. The molecule has 2 heterocycles. The molecule has 1 aromatic rings. The molecule has 0 aliphatic carbocycles. The van der Waals surface area contributed by atoms with E-state index in [0.29, 0.717) is 21.7 Å². The van der Waals surface area contributed by atoms with Crippen LogP contribution in [0, 0.1) is 0 Å². The minimum atomic E-state index is -3.82. The SMILES string of the molecule is O=C(O)C1CCCCCN1S(=O)(=O)c1cc(Cl)c(Br)s1. The van der Waals surface area contributed by atoms with E-state index in [9.17, 15) is 18.3 Å². The number of aliphatic carboxylic acids is 1. The van der Waals surface area contributed by atoms with Gasteiger partial charge in [-0.3, -0.25) is 4.79 Å². The van der Waals surface area contributed by atoms with Crippen molar-refractivity contribution in [3.05, 3.63) is 14.9 Å². The van der Waals surface area contributed by atoms with Crippen LogP contribution in [0.1, 0.15) is 25.7 Å². The summed E-state index contributed by atoms with van der Waals surface area (Å²) in [6, 6.07) is 0.359. The second-order valence-electron chi connectivity index (χ2n) is 4.51. The van der Waals surface area contributed by atoms with E-state index < -0.39 is 22.0 Å². The van der Waals surface area contributed by atoms with E-state index in [1.165, 1.54) is 6.07 Å². The number of rotatable bonds is 3. The fraction of sp³-hybridized carbons (Fsp3) is 0.545. The van der Waals surface area contributed by atoms with Gasteiger partial charge in [-0.2, -0.15) is 4.31 Å². The first kappa shape index (κ1) is 16.2. The lowest BCUT2D eigenvalue weighted by Gasteiger charge is -2.25. The van der Waals surface area contributed by atoms with Gasteiger partial charge in [-0.15, -0.1) is 11.3 Å². The Balaban J connectivity index is 2.41. The highest BCUT2D eigenvalue weighted by Gasteiger charge is 2.37. The molecule has 1 N–H and O–H groups in total. The van der Waals surface area contributed by atoms with Crippen LogP contribution in [-0.2, 0) is 14.8 Å². The fourth-order valence-electron chi connectivity index (χ4n) is 2.19. The summed E-state index contributed by atoms with van der Waals surface area (Å²) in [4.78, 5) is 11.3. The summed E-state index contributed by atoms with van der Waals surface area (Å²) in [5.41, 5.74) is 0. The molecule has 1 aromatic heterocycles. The zero-order valence-electron chi connectivity index (χ0n) is 10.4. The summed E-state index contributed by atoms with van der Waals surface area (Å²) in [5, 5.41) is 9.58. The number of carboxylic acids is 1. The van der Waals surface area contributed by atoms with Crippen LogP contribution in [0.4, 0.5) is 0 Å². The number of nitrogens with zero attached hydrogens (tertiary/aromatic N) is 1. The smallest absolute Gasteiger partial charge is 0.322 e. The lowest BCUT2D eigenvalue weighted by molar-refractivity contribution is -0.141. The van der Waals surface area contributed by atoms with Gasteiger partial charge in [0.2, 0.25) is 0 Å². The van der Waals surface area contributed by atoms with Gasteiger partial charge in [-0.05, 0) is 34.8 Å². The zero-order chi connectivity index (χ0) is 14.9. The highest BCUT2D eigenvalue weighted by Crippen LogP contribution is 2.37. The first-order chi connectivity index (χ1) is 9.34. The van der Waals surface area contributed by atoms with Crippen LogP contribution in [0.5, 0.6) is 0 Å². The van der Waals surface area contributed by atoms with Crippen molar-refractivity contribution < 1.29 is 18.3 Å². The van der Waals surface area contributed by atoms with Crippen molar-refractivity contribution in [2.24, 2.45) is 0 Å². The lowest BCUT2D eigenvalue weighted by Crippen LogP contribution is -2.44. The van der Waals surface area contributed by atoms with Gasteiger partial charge in [-0.1, -0.05) is 24.4 Å². The normalized spacial score (nSPS) is 21.6. The molecule has 1 aliphatic rings. The van der Waals surface area contributed by atoms with E-state index >= 15 is 0 Å². The molecule has 2 rings (SSSR count). The molecule has 1 saturated heterocycles. The molecule has 1 atom stereocenters.